The second-order valence-electron chi connectivity index (χ2n) is 7.69. The van der Waals surface area contributed by atoms with Crippen molar-refractivity contribution in [2.24, 2.45) is 0 Å². The van der Waals surface area contributed by atoms with E-state index < -0.39 is 15.4 Å². The third-order valence-corrected chi connectivity index (χ3v) is 6.52. The first-order valence-corrected chi connectivity index (χ1v) is 11.3. The van der Waals surface area contributed by atoms with Gasteiger partial charge in [-0.3, -0.25) is 4.90 Å². The van der Waals surface area contributed by atoms with E-state index in [-0.39, 0.29) is 17.9 Å². The molecule has 26 heavy (non-hydrogen) atoms. The molecule has 0 bridgehead atoms. The maximum atomic E-state index is 12.3. The van der Waals surface area contributed by atoms with E-state index in [1.807, 2.05) is 30.0 Å². The molecule has 0 N–H and O–H groups in total. The summed E-state index contributed by atoms with van der Waals surface area (Å²) in [7, 11) is -2.99. The van der Waals surface area contributed by atoms with Crippen molar-refractivity contribution >= 4 is 15.9 Å². The molecule has 1 spiro atoms. The lowest BCUT2D eigenvalue weighted by Crippen LogP contribution is -2.50. The van der Waals surface area contributed by atoms with Crippen LogP contribution in [0.2, 0.25) is 0 Å². The Hall–Kier alpha value is -1.60. The number of carbonyl (C=O) groups is 1. The molecule has 1 aromatic carbocycles. The van der Waals surface area contributed by atoms with Gasteiger partial charge in [0.1, 0.15) is 15.4 Å². The molecule has 1 amide bonds. The third-order valence-electron chi connectivity index (χ3n) is 5.43. The molecule has 6 nitrogen and oxygen atoms in total. The predicted molar refractivity (Wildman–Crippen MR) is 101 cm³/mol. The first kappa shape index (κ1) is 19.2. The number of sulfone groups is 1. The van der Waals surface area contributed by atoms with Crippen LogP contribution in [0.4, 0.5) is 4.79 Å². The highest BCUT2D eigenvalue weighted by atomic mass is 32.2. The van der Waals surface area contributed by atoms with Gasteiger partial charge in [-0.15, -0.1) is 0 Å². The average Bonchev–Trinajstić information content (AvgIpc) is 2.88. The Bertz CT molecular complexity index is 727. The maximum absolute atomic E-state index is 12.3. The summed E-state index contributed by atoms with van der Waals surface area (Å²) in [4.78, 5) is 16.3. The van der Waals surface area contributed by atoms with Crippen molar-refractivity contribution < 1.29 is 17.9 Å². The highest BCUT2D eigenvalue weighted by Gasteiger charge is 2.47. The van der Waals surface area contributed by atoms with Crippen molar-refractivity contribution in [2.45, 2.75) is 37.8 Å². The summed E-state index contributed by atoms with van der Waals surface area (Å²) in [5, 5.41) is 0. The quantitative estimate of drug-likeness (QED) is 0.755. The predicted octanol–water partition coefficient (Wildman–Crippen LogP) is 1.95. The maximum Gasteiger partial charge on any atom is 0.410 e. The van der Waals surface area contributed by atoms with Crippen LogP contribution in [0, 0.1) is 0 Å². The molecule has 1 atom stereocenters. The third kappa shape index (κ3) is 4.76. The number of amides is 1. The van der Waals surface area contributed by atoms with E-state index in [9.17, 15) is 13.2 Å². The Morgan fingerprint density at radius 1 is 1.19 bits per heavy atom. The molecular formula is C19H28N2O4S. The fraction of sp³-hybridized carbons (Fsp3) is 0.632. The Morgan fingerprint density at radius 3 is 2.46 bits per heavy atom. The van der Waals surface area contributed by atoms with E-state index in [4.69, 9.17) is 4.74 Å². The summed E-state index contributed by atoms with van der Waals surface area (Å²) >= 11 is 0. The molecule has 2 fully saturated rings. The molecule has 3 rings (SSSR count). The smallest absolute Gasteiger partial charge is 0.410 e. The number of piperidine rings is 1. The van der Waals surface area contributed by atoms with Crippen molar-refractivity contribution in [3.8, 4) is 0 Å². The number of hydrogen-bond acceptors (Lipinski definition) is 5. The molecule has 0 saturated carbocycles. The number of carbonyl (C=O) groups excluding carboxylic acids is 1. The molecule has 0 aliphatic carbocycles. The Labute approximate surface area is 156 Å². The standard InChI is InChI=1S/C19H28N2O4S/c1-16(14-26(2,23)24)20-12-9-19(10-13-20)15-21(18(22)25-19)11-8-17-6-4-3-5-7-17/h3-7,16H,8-15H2,1-2H3/t16-/m1/s1. The van der Waals surface area contributed by atoms with Gasteiger partial charge in [0.25, 0.3) is 0 Å². The van der Waals surface area contributed by atoms with Crippen molar-refractivity contribution in [1.29, 1.82) is 0 Å². The molecule has 2 saturated heterocycles. The lowest BCUT2D eigenvalue weighted by molar-refractivity contribution is -0.00602. The second kappa shape index (κ2) is 7.56. The highest BCUT2D eigenvalue weighted by Crippen LogP contribution is 2.34. The van der Waals surface area contributed by atoms with Gasteiger partial charge in [-0.1, -0.05) is 30.3 Å². The molecule has 144 valence electrons. The number of rotatable bonds is 6. The monoisotopic (exact) mass is 380 g/mol. The largest absolute Gasteiger partial charge is 0.441 e. The van der Waals surface area contributed by atoms with Gasteiger partial charge in [-0.25, -0.2) is 13.2 Å². The number of hydrogen-bond donors (Lipinski definition) is 0. The average molecular weight is 381 g/mol. The van der Waals surface area contributed by atoms with Crippen LogP contribution < -0.4 is 0 Å². The van der Waals surface area contributed by atoms with E-state index >= 15 is 0 Å². The van der Waals surface area contributed by atoms with Crippen molar-refractivity contribution in [3.05, 3.63) is 35.9 Å². The van der Waals surface area contributed by atoms with E-state index in [0.29, 0.717) is 13.1 Å². The van der Waals surface area contributed by atoms with Gasteiger partial charge in [-0.2, -0.15) is 0 Å². The minimum Gasteiger partial charge on any atom is -0.441 e. The lowest BCUT2D eigenvalue weighted by Gasteiger charge is -2.40. The molecule has 7 heteroatoms. The zero-order valence-electron chi connectivity index (χ0n) is 15.6. The molecule has 0 radical (unpaired) electrons. The fourth-order valence-corrected chi connectivity index (χ4v) is 5.04. The van der Waals surface area contributed by atoms with Crippen molar-refractivity contribution in [3.63, 3.8) is 0 Å². The molecule has 2 aliphatic rings. The normalized spacial score (nSPS) is 21.8. The van der Waals surface area contributed by atoms with E-state index in [0.717, 1.165) is 32.4 Å². The molecule has 1 aromatic rings. The Balaban J connectivity index is 1.52. The van der Waals surface area contributed by atoms with Gasteiger partial charge >= 0.3 is 6.09 Å². The van der Waals surface area contributed by atoms with Crippen LogP contribution in [0.5, 0.6) is 0 Å². The van der Waals surface area contributed by atoms with Crippen LogP contribution in [-0.2, 0) is 21.0 Å². The molecule has 2 aliphatic heterocycles. The fourth-order valence-electron chi connectivity index (χ4n) is 3.95. The first-order chi connectivity index (χ1) is 12.3. The summed E-state index contributed by atoms with van der Waals surface area (Å²) < 4.78 is 28.8. The van der Waals surface area contributed by atoms with Crippen LogP contribution >= 0.6 is 0 Å². The minimum absolute atomic E-state index is 0.00589. The van der Waals surface area contributed by atoms with Crippen LogP contribution in [0.1, 0.15) is 25.3 Å². The van der Waals surface area contributed by atoms with Crippen molar-refractivity contribution in [2.75, 3.05) is 38.2 Å². The molecule has 0 unspecified atom stereocenters. The topological polar surface area (TPSA) is 66.9 Å². The number of likely N-dealkylation sites (tertiary alicyclic amines) is 1. The summed E-state index contributed by atoms with van der Waals surface area (Å²) in [5.41, 5.74) is 0.806. The van der Waals surface area contributed by atoms with Gasteiger partial charge in [0.15, 0.2) is 0 Å². The summed E-state index contributed by atoms with van der Waals surface area (Å²) in [6, 6.07) is 10.1. The zero-order chi connectivity index (χ0) is 18.8. The Morgan fingerprint density at radius 2 is 1.85 bits per heavy atom. The molecular weight excluding hydrogens is 352 g/mol. The minimum atomic E-state index is -2.99. The highest BCUT2D eigenvalue weighted by molar-refractivity contribution is 7.90. The lowest BCUT2D eigenvalue weighted by atomic mass is 9.90. The van der Waals surface area contributed by atoms with Crippen LogP contribution in [0.25, 0.3) is 0 Å². The van der Waals surface area contributed by atoms with Gasteiger partial charge < -0.3 is 9.64 Å². The first-order valence-electron chi connectivity index (χ1n) is 9.20. The SMILES string of the molecule is C[C@H](CS(C)(=O)=O)N1CCC2(CC1)CN(CCc1ccccc1)C(=O)O2. The summed E-state index contributed by atoms with van der Waals surface area (Å²) in [6.45, 7) is 4.77. The van der Waals surface area contributed by atoms with Crippen LogP contribution in [-0.4, -0.2) is 74.1 Å². The van der Waals surface area contributed by atoms with Crippen LogP contribution in [0.3, 0.4) is 0 Å². The molecule has 2 heterocycles. The number of benzene rings is 1. The summed E-state index contributed by atoms with van der Waals surface area (Å²) in [6.07, 6.45) is 3.39. The van der Waals surface area contributed by atoms with Gasteiger partial charge in [-0.05, 0) is 18.9 Å². The van der Waals surface area contributed by atoms with Crippen molar-refractivity contribution in [1.82, 2.24) is 9.80 Å². The number of ether oxygens (including phenoxy) is 1. The zero-order valence-corrected chi connectivity index (χ0v) is 16.4. The van der Waals surface area contributed by atoms with E-state index in [1.54, 1.807) is 0 Å². The van der Waals surface area contributed by atoms with E-state index in [2.05, 4.69) is 17.0 Å². The number of nitrogens with zero attached hydrogens (tertiary/aromatic N) is 2. The van der Waals surface area contributed by atoms with Crippen LogP contribution in [0.15, 0.2) is 30.3 Å². The summed E-state index contributed by atoms with van der Waals surface area (Å²) in [5.74, 6) is 0.170. The van der Waals surface area contributed by atoms with E-state index in [1.165, 1.54) is 11.8 Å². The molecule has 0 aromatic heterocycles. The second-order valence-corrected chi connectivity index (χ2v) is 9.87. The van der Waals surface area contributed by atoms with Gasteiger partial charge in [0, 0.05) is 44.8 Å². The Kier molecular flexibility index (Phi) is 5.58. The van der Waals surface area contributed by atoms with Gasteiger partial charge in [0.05, 0.1) is 12.3 Å². The van der Waals surface area contributed by atoms with Gasteiger partial charge in [0.2, 0.25) is 0 Å².